The first kappa shape index (κ1) is 19.8. The summed E-state index contributed by atoms with van der Waals surface area (Å²) in [6, 6.07) is 12.2. The second kappa shape index (κ2) is 7.97. The lowest BCUT2D eigenvalue weighted by Crippen LogP contribution is -2.52. The van der Waals surface area contributed by atoms with Gasteiger partial charge in [-0.25, -0.2) is 4.79 Å². The number of carboxylic acid groups (broad SMARTS) is 1. The van der Waals surface area contributed by atoms with Crippen molar-refractivity contribution in [2.45, 2.75) is 6.61 Å². The van der Waals surface area contributed by atoms with Gasteiger partial charge in [-0.3, -0.25) is 19.4 Å². The van der Waals surface area contributed by atoms with Crippen molar-refractivity contribution in [3.8, 4) is 5.75 Å². The molecule has 0 aromatic heterocycles. The van der Waals surface area contributed by atoms with E-state index in [1.165, 1.54) is 32.3 Å². The summed E-state index contributed by atoms with van der Waals surface area (Å²) in [6.45, 7) is 0.163. The van der Waals surface area contributed by atoms with Crippen LogP contribution in [0, 0.1) is 0 Å². The van der Waals surface area contributed by atoms with Crippen molar-refractivity contribution in [1.82, 2.24) is 9.80 Å². The normalized spacial score (nSPS) is 14.3. The first-order valence-electron chi connectivity index (χ1n) is 8.63. The molecule has 1 aliphatic rings. The van der Waals surface area contributed by atoms with Gasteiger partial charge < -0.3 is 14.6 Å². The zero-order valence-corrected chi connectivity index (χ0v) is 15.7. The Hall–Kier alpha value is -3.94. The summed E-state index contributed by atoms with van der Waals surface area (Å²) in [5.74, 6) is -2.05. The molecule has 8 nitrogen and oxygen atoms in total. The van der Waals surface area contributed by atoms with Crippen molar-refractivity contribution in [2.75, 3.05) is 14.1 Å². The number of likely N-dealkylation sites (N-methyl/N-ethyl adjacent to an activating group) is 2. The molecule has 3 rings (SSSR count). The summed E-state index contributed by atoms with van der Waals surface area (Å²) < 4.78 is 5.63. The van der Waals surface area contributed by atoms with Crippen LogP contribution in [0.2, 0.25) is 0 Å². The number of imide groups is 2. The lowest BCUT2D eigenvalue weighted by Gasteiger charge is -2.28. The van der Waals surface area contributed by atoms with Gasteiger partial charge >= 0.3 is 6.03 Å². The van der Waals surface area contributed by atoms with Crippen molar-refractivity contribution < 1.29 is 29.0 Å². The summed E-state index contributed by atoms with van der Waals surface area (Å²) in [4.78, 5) is 48.9. The van der Waals surface area contributed by atoms with Gasteiger partial charge in [-0.05, 0) is 41.0 Å². The molecule has 0 radical (unpaired) electrons. The monoisotopic (exact) mass is 393 g/mol. The highest BCUT2D eigenvalue weighted by atomic mass is 16.5. The maximum absolute atomic E-state index is 12.2. The number of benzene rings is 2. The number of carbonyl (C=O) groups excluding carboxylic acids is 4. The highest BCUT2D eigenvalue weighted by Crippen LogP contribution is 2.20. The van der Waals surface area contributed by atoms with Gasteiger partial charge in [-0.1, -0.05) is 30.3 Å². The van der Waals surface area contributed by atoms with Gasteiger partial charge in [0.25, 0.3) is 11.8 Å². The van der Waals surface area contributed by atoms with Crippen LogP contribution in [-0.4, -0.2) is 47.7 Å². The average Bonchev–Trinajstić information content (AvgIpc) is 2.73. The maximum Gasteiger partial charge on any atom is 0.333 e. The first-order valence-corrected chi connectivity index (χ1v) is 8.63. The number of nitrogens with zero attached hydrogens (tertiary/aromatic N) is 2. The van der Waals surface area contributed by atoms with E-state index in [0.717, 1.165) is 9.80 Å². The zero-order chi connectivity index (χ0) is 21.1. The second-order valence-corrected chi connectivity index (χ2v) is 6.41. The molecule has 0 spiro atoms. The Morgan fingerprint density at radius 3 is 2.21 bits per heavy atom. The minimum absolute atomic E-state index is 0.0725. The van der Waals surface area contributed by atoms with Gasteiger partial charge in [0.2, 0.25) is 0 Å². The standard InChI is InChI=1S/C21H18N2O6/c1-22-18(24)17(19(25)23(2)21(22)28)11-13-6-8-16(9-7-13)29-12-14-4-3-5-15(10-14)20(26)27/h3-11H,12H2,1-2H3,(H,26,27)/p-1. The molecule has 148 valence electrons. The Bertz CT molecular complexity index is 1000. The zero-order valence-electron chi connectivity index (χ0n) is 15.7. The quantitative estimate of drug-likeness (QED) is 0.555. The fourth-order valence-electron chi connectivity index (χ4n) is 2.76. The van der Waals surface area contributed by atoms with Crippen molar-refractivity contribution in [1.29, 1.82) is 0 Å². The van der Waals surface area contributed by atoms with E-state index in [4.69, 9.17) is 4.74 Å². The smallest absolute Gasteiger partial charge is 0.333 e. The number of aromatic carboxylic acids is 1. The van der Waals surface area contributed by atoms with E-state index in [2.05, 4.69) is 0 Å². The SMILES string of the molecule is CN1C(=O)C(=Cc2ccc(OCc3cccc(C(=O)[O-])c3)cc2)C(=O)N(C)C1=O. The molecule has 0 atom stereocenters. The molecule has 0 unspecified atom stereocenters. The molecular formula is C21H17N2O6-. The Labute approximate surface area is 166 Å². The molecule has 1 heterocycles. The topological polar surface area (TPSA) is 107 Å². The summed E-state index contributed by atoms with van der Waals surface area (Å²) in [6.07, 6.45) is 1.41. The number of urea groups is 1. The van der Waals surface area contributed by atoms with E-state index in [0.29, 0.717) is 16.9 Å². The van der Waals surface area contributed by atoms with Crippen LogP contribution in [0.25, 0.3) is 6.08 Å². The third-order valence-corrected chi connectivity index (χ3v) is 4.40. The first-order chi connectivity index (χ1) is 13.8. The Balaban J connectivity index is 1.72. The minimum Gasteiger partial charge on any atom is -0.545 e. The Morgan fingerprint density at radius 1 is 1.00 bits per heavy atom. The predicted octanol–water partition coefficient (Wildman–Crippen LogP) is 1.06. The van der Waals surface area contributed by atoms with E-state index in [9.17, 15) is 24.3 Å². The molecule has 1 fully saturated rings. The number of carbonyl (C=O) groups is 4. The molecule has 2 aromatic rings. The summed E-state index contributed by atoms with van der Waals surface area (Å²) in [5, 5.41) is 10.9. The van der Waals surface area contributed by atoms with Crippen LogP contribution >= 0.6 is 0 Å². The fourth-order valence-corrected chi connectivity index (χ4v) is 2.76. The number of hydrogen-bond acceptors (Lipinski definition) is 6. The minimum atomic E-state index is -1.26. The van der Waals surface area contributed by atoms with Crippen molar-refractivity contribution in [3.05, 3.63) is 70.8 Å². The van der Waals surface area contributed by atoms with Gasteiger partial charge in [-0.15, -0.1) is 0 Å². The number of ether oxygens (including phenoxy) is 1. The molecule has 0 saturated carbocycles. The van der Waals surface area contributed by atoms with E-state index in [1.54, 1.807) is 36.4 Å². The number of amides is 4. The number of hydrogen-bond donors (Lipinski definition) is 0. The van der Waals surface area contributed by atoms with Crippen molar-refractivity contribution in [3.63, 3.8) is 0 Å². The van der Waals surface area contributed by atoms with Gasteiger partial charge in [0, 0.05) is 14.1 Å². The molecule has 0 bridgehead atoms. The predicted molar refractivity (Wildman–Crippen MR) is 100 cm³/mol. The van der Waals surface area contributed by atoms with E-state index >= 15 is 0 Å². The summed E-state index contributed by atoms with van der Waals surface area (Å²) in [5.41, 5.74) is 1.22. The van der Waals surface area contributed by atoms with Crippen LogP contribution in [0.5, 0.6) is 5.75 Å². The van der Waals surface area contributed by atoms with Crippen LogP contribution in [0.3, 0.4) is 0 Å². The van der Waals surface area contributed by atoms with Gasteiger partial charge in [0.1, 0.15) is 17.9 Å². The van der Waals surface area contributed by atoms with Crippen molar-refractivity contribution >= 4 is 29.9 Å². The van der Waals surface area contributed by atoms with Crippen LogP contribution in [0.4, 0.5) is 4.79 Å². The Morgan fingerprint density at radius 2 is 1.62 bits per heavy atom. The molecule has 29 heavy (non-hydrogen) atoms. The van der Waals surface area contributed by atoms with E-state index in [1.807, 2.05) is 0 Å². The second-order valence-electron chi connectivity index (χ2n) is 6.41. The third-order valence-electron chi connectivity index (χ3n) is 4.40. The Kier molecular flexibility index (Phi) is 5.45. The number of barbiturate groups is 1. The highest BCUT2D eigenvalue weighted by Gasteiger charge is 2.37. The lowest BCUT2D eigenvalue weighted by atomic mass is 10.1. The van der Waals surface area contributed by atoms with Crippen LogP contribution < -0.4 is 9.84 Å². The fraction of sp³-hybridized carbons (Fsp3) is 0.143. The van der Waals surface area contributed by atoms with E-state index < -0.39 is 23.8 Å². The lowest BCUT2D eigenvalue weighted by molar-refractivity contribution is -0.255. The van der Waals surface area contributed by atoms with Crippen molar-refractivity contribution in [2.24, 2.45) is 0 Å². The summed E-state index contributed by atoms with van der Waals surface area (Å²) in [7, 11) is 2.63. The third kappa shape index (κ3) is 4.16. The van der Waals surface area contributed by atoms with Gasteiger partial charge in [0.15, 0.2) is 0 Å². The highest BCUT2D eigenvalue weighted by molar-refractivity contribution is 6.30. The van der Waals surface area contributed by atoms with Crippen LogP contribution in [-0.2, 0) is 16.2 Å². The molecule has 0 N–H and O–H groups in total. The van der Waals surface area contributed by atoms with Gasteiger partial charge in [0.05, 0.1) is 5.97 Å². The molecule has 4 amide bonds. The largest absolute Gasteiger partial charge is 0.545 e. The molecule has 0 aliphatic carbocycles. The number of rotatable bonds is 5. The molecular weight excluding hydrogens is 376 g/mol. The molecule has 1 saturated heterocycles. The average molecular weight is 393 g/mol. The molecule has 8 heteroatoms. The molecule has 1 aliphatic heterocycles. The summed E-state index contributed by atoms with van der Waals surface area (Å²) >= 11 is 0. The number of carboxylic acids is 1. The van der Waals surface area contributed by atoms with Crippen LogP contribution in [0.15, 0.2) is 54.1 Å². The maximum atomic E-state index is 12.2. The van der Waals surface area contributed by atoms with E-state index in [-0.39, 0.29) is 17.7 Å². The molecule has 2 aromatic carbocycles. The van der Waals surface area contributed by atoms with Gasteiger partial charge in [-0.2, -0.15) is 0 Å². The van der Waals surface area contributed by atoms with Crippen LogP contribution in [0.1, 0.15) is 21.5 Å².